The van der Waals surface area contributed by atoms with E-state index in [0.29, 0.717) is 17.6 Å². The van der Waals surface area contributed by atoms with E-state index in [1.165, 1.54) is 0 Å². The van der Waals surface area contributed by atoms with Crippen molar-refractivity contribution in [3.8, 4) is 0 Å². The van der Waals surface area contributed by atoms with E-state index in [1.807, 2.05) is 14.1 Å². The quantitative estimate of drug-likeness (QED) is 0.358. The number of hydrogen-bond acceptors (Lipinski definition) is 6. The minimum atomic E-state index is -4.05. The molecule has 0 spiro atoms. The smallest absolute Gasteiger partial charge is 0.102 e. The van der Waals surface area contributed by atoms with Crippen molar-refractivity contribution in [1.29, 1.82) is 0 Å². The summed E-state index contributed by atoms with van der Waals surface area (Å²) in [5.74, 6) is -0.465. The third-order valence-corrected chi connectivity index (χ3v) is 2.51. The molecule has 0 heterocycles. The fourth-order valence-electron chi connectivity index (χ4n) is 0.798. The second kappa shape index (κ2) is 8.85. The van der Waals surface area contributed by atoms with Crippen molar-refractivity contribution in [2.24, 2.45) is 5.73 Å². The third kappa shape index (κ3) is 16.2. The number of rotatable bonds is 6. The van der Waals surface area contributed by atoms with E-state index in [-0.39, 0.29) is 19.8 Å². The Morgan fingerprint density at radius 2 is 1.56 bits per heavy atom. The molecule has 0 aliphatic heterocycles. The van der Waals surface area contributed by atoms with E-state index in [4.69, 9.17) is 15.9 Å². The van der Waals surface area contributed by atoms with E-state index >= 15 is 0 Å². The number of likely N-dealkylation sites (N-methyl/N-ethyl adjacent to an activating group) is 1. The molecule has 100 valence electrons. The van der Waals surface area contributed by atoms with Gasteiger partial charge in [0.1, 0.15) is 13.1 Å². The summed E-state index contributed by atoms with van der Waals surface area (Å²) in [5, 5.41) is 17.1. The Morgan fingerprint density at radius 1 is 1.19 bits per heavy atom. The second-order valence-electron chi connectivity index (χ2n) is 3.88. The summed E-state index contributed by atoms with van der Waals surface area (Å²) in [6.45, 7) is 1.70. The Bertz CT molecular complexity index is 245. The first-order valence-corrected chi connectivity index (χ1v) is 6.43. The maximum absolute atomic E-state index is 9.60. The summed E-state index contributed by atoms with van der Waals surface area (Å²) < 4.78 is 29.5. The van der Waals surface area contributed by atoms with Crippen LogP contribution in [0, 0.1) is 0 Å². The summed E-state index contributed by atoms with van der Waals surface area (Å²) in [6, 6.07) is 0. The average molecular weight is 258 g/mol. The molecule has 0 unspecified atom stereocenters. The van der Waals surface area contributed by atoms with Gasteiger partial charge in [0.05, 0.1) is 43.2 Å². The molecule has 0 amide bonds. The second-order valence-corrected chi connectivity index (χ2v) is 5.40. The lowest BCUT2D eigenvalue weighted by Gasteiger charge is -2.27. The number of aliphatic hydroxyl groups excluding tert-OH is 2. The van der Waals surface area contributed by atoms with Gasteiger partial charge in [-0.3, -0.25) is 0 Å². The van der Waals surface area contributed by atoms with Crippen LogP contribution in [0.4, 0.5) is 0 Å². The molecule has 0 rings (SSSR count). The topological polar surface area (TPSA) is 124 Å². The summed E-state index contributed by atoms with van der Waals surface area (Å²) in [7, 11) is -0.0920. The molecule has 0 radical (unpaired) electrons. The normalized spacial score (nSPS) is 11.9. The molecule has 0 aromatic rings. The molecule has 8 heteroatoms. The Kier molecular flexibility index (Phi) is 10.0. The van der Waals surface area contributed by atoms with Crippen molar-refractivity contribution in [3.05, 3.63) is 0 Å². The van der Waals surface area contributed by atoms with Crippen molar-refractivity contribution in [2.45, 2.75) is 0 Å². The first-order chi connectivity index (χ1) is 7.18. The summed E-state index contributed by atoms with van der Waals surface area (Å²) in [6.07, 6.45) is 0. The summed E-state index contributed by atoms with van der Waals surface area (Å²) in [5.41, 5.74) is 4.74. The zero-order valence-corrected chi connectivity index (χ0v) is 10.6. The first-order valence-electron chi connectivity index (χ1n) is 4.86. The van der Waals surface area contributed by atoms with Gasteiger partial charge in [-0.05, 0) is 0 Å². The predicted octanol–water partition coefficient (Wildman–Crippen LogP) is -2.46. The van der Waals surface area contributed by atoms with E-state index in [2.05, 4.69) is 0 Å². The number of hydrogen-bond donors (Lipinski definition) is 3. The molecule has 0 atom stereocenters. The van der Waals surface area contributed by atoms with Crippen molar-refractivity contribution in [1.82, 2.24) is 0 Å². The molecule has 0 aromatic heterocycles. The van der Waals surface area contributed by atoms with Crippen molar-refractivity contribution >= 4 is 10.1 Å². The Balaban J connectivity index is 0. The van der Waals surface area contributed by atoms with Crippen molar-refractivity contribution in [2.75, 3.05) is 52.7 Å². The highest BCUT2D eigenvalue weighted by Gasteiger charge is 2.11. The van der Waals surface area contributed by atoms with Gasteiger partial charge in [0.15, 0.2) is 0 Å². The van der Waals surface area contributed by atoms with Crippen LogP contribution in [0.1, 0.15) is 0 Å². The molecule has 0 saturated carbocycles. The lowest BCUT2D eigenvalue weighted by atomic mass is 10.4. The molecule has 0 aliphatic carbocycles. The van der Waals surface area contributed by atoms with Crippen LogP contribution < -0.4 is 5.73 Å². The highest BCUT2D eigenvalue weighted by molar-refractivity contribution is 7.85. The van der Waals surface area contributed by atoms with Crippen LogP contribution in [0.15, 0.2) is 0 Å². The fraction of sp³-hybridized carbons (Fsp3) is 1.00. The third-order valence-electron chi connectivity index (χ3n) is 1.78. The molecule has 7 nitrogen and oxygen atoms in total. The molecule has 0 aromatic carbocycles. The van der Waals surface area contributed by atoms with Gasteiger partial charge in [-0.15, -0.1) is 0 Å². The van der Waals surface area contributed by atoms with Gasteiger partial charge >= 0.3 is 0 Å². The maximum atomic E-state index is 9.60. The number of quaternary nitrogens is 1. The standard InChI is InChI=1S/C6H16NO2.C2H7NO3S/c1-7(2,3-5-8)4-6-9;3-1-2-7(4,5)6/h8-9H,3-6H2,1-2H3;1-3H2,(H,4,5,6)/q+1;/p-1. The summed E-state index contributed by atoms with van der Waals surface area (Å²) in [4.78, 5) is 0. The van der Waals surface area contributed by atoms with Gasteiger partial charge in [-0.25, -0.2) is 8.42 Å². The van der Waals surface area contributed by atoms with Crippen LogP contribution in [-0.2, 0) is 10.1 Å². The highest BCUT2D eigenvalue weighted by Crippen LogP contribution is 1.92. The van der Waals surface area contributed by atoms with Crippen LogP contribution in [0.2, 0.25) is 0 Å². The van der Waals surface area contributed by atoms with Gasteiger partial charge < -0.3 is 25.0 Å². The average Bonchev–Trinajstić information content (AvgIpc) is 2.01. The lowest BCUT2D eigenvalue weighted by Crippen LogP contribution is -2.43. The van der Waals surface area contributed by atoms with Gasteiger partial charge in [0.2, 0.25) is 0 Å². The minimum absolute atomic E-state index is 0.0914. The van der Waals surface area contributed by atoms with E-state index < -0.39 is 15.9 Å². The molecule has 0 fully saturated rings. The largest absolute Gasteiger partial charge is 0.748 e. The maximum Gasteiger partial charge on any atom is 0.102 e. The van der Waals surface area contributed by atoms with Crippen LogP contribution in [-0.4, -0.2) is 80.4 Å². The first kappa shape index (κ1) is 18.1. The van der Waals surface area contributed by atoms with Gasteiger partial charge in [0, 0.05) is 6.54 Å². The SMILES string of the molecule is C[N+](C)(CCO)CCO.NCCS(=O)(=O)[O-]. The molecular weight excluding hydrogens is 236 g/mol. The number of nitrogens with two attached hydrogens (primary N) is 1. The molecule has 0 bridgehead atoms. The molecular formula is C8H22N2O5S. The number of aliphatic hydroxyl groups is 2. The van der Waals surface area contributed by atoms with E-state index in [9.17, 15) is 13.0 Å². The Morgan fingerprint density at radius 3 is 1.69 bits per heavy atom. The molecule has 0 saturated heterocycles. The highest BCUT2D eigenvalue weighted by atomic mass is 32.2. The van der Waals surface area contributed by atoms with Crippen LogP contribution >= 0.6 is 0 Å². The van der Waals surface area contributed by atoms with E-state index in [1.54, 1.807) is 0 Å². The molecule has 16 heavy (non-hydrogen) atoms. The van der Waals surface area contributed by atoms with E-state index in [0.717, 1.165) is 0 Å². The van der Waals surface area contributed by atoms with Gasteiger partial charge in [-0.1, -0.05) is 0 Å². The monoisotopic (exact) mass is 258 g/mol. The molecule has 4 N–H and O–H groups in total. The van der Waals surface area contributed by atoms with Gasteiger partial charge in [0.25, 0.3) is 0 Å². The Hall–Kier alpha value is -0.250. The zero-order valence-electron chi connectivity index (χ0n) is 9.79. The summed E-state index contributed by atoms with van der Waals surface area (Å²) >= 11 is 0. The van der Waals surface area contributed by atoms with Gasteiger partial charge in [-0.2, -0.15) is 0 Å². The minimum Gasteiger partial charge on any atom is -0.748 e. The lowest BCUT2D eigenvalue weighted by molar-refractivity contribution is -0.890. The van der Waals surface area contributed by atoms with Crippen molar-refractivity contribution < 1.29 is 27.7 Å². The Labute approximate surface area is 96.8 Å². The predicted molar refractivity (Wildman–Crippen MR) is 59.6 cm³/mol. The zero-order chi connectivity index (χ0) is 13.2. The molecule has 0 aliphatic rings. The van der Waals surface area contributed by atoms with Crippen LogP contribution in [0.25, 0.3) is 0 Å². The van der Waals surface area contributed by atoms with Crippen LogP contribution in [0.5, 0.6) is 0 Å². The van der Waals surface area contributed by atoms with Crippen LogP contribution in [0.3, 0.4) is 0 Å². The van der Waals surface area contributed by atoms with Crippen molar-refractivity contribution in [3.63, 3.8) is 0 Å². The fourth-order valence-corrected chi connectivity index (χ4v) is 1.09. The number of nitrogens with zero attached hydrogens (tertiary/aromatic N) is 1.